The Kier molecular flexibility index (Phi) is 5.41. The van der Waals surface area contributed by atoms with Crippen LogP contribution >= 0.6 is 11.6 Å². The molecule has 0 fully saturated rings. The van der Waals surface area contributed by atoms with Crippen molar-refractivity contribution in [1.29, 1.82) is 5.26 Å². The molecule has 1 heterocycles. The van der Waals surface area contributed by atoms with Crippen molar-refractivity contribution in [3.05, 3.63) is 64.5 Å². The molecule has 28 heavy (non-hydrogen) atoms. The largest absolute Gasteiger partial charge is 0.485 e. The lowest BCUT2D eigenvalue weighted by molar-refractivity contribution is -0.0566. The molecule has 0 aromatic heterocycles. The third-order valence-electron chi connectivity index (χ3n) is 4.37. The van der Waals surface area contributed by atoms with Crippen LogP contribution in [-0.2, 0) is 0 Å². The minimum atomic E-state index is -0.997. The highest BCUT2D eigenvalue weighted by Gasteiger charge is 2.43. The third kappa shape index (κ3) is 4.01. The average molecular weight is 396 g/mol. The van der Waals surface area contributed by atoms with E-state index in [2.05, 4.69) is 20.5 Å². The average Bonchev–Trinajstić information content (AvgIpc) is 2.67. The van der Waals surface area contributed by atoms with Crippen LogP contribution in [0.4, 0.5) is 11.4 Å². The fraction of sp³-hybridized carbons (Fsp3) is 0.250. The molecule has 2 aromatic rings. The highest BCUT2D eigenvalue weighted by atomic mass is 35.5. The summed E-state index contributed by atoms with van der Waals surface area (Å²) in [5, 5.41) is 26.1. The zero-order valence-electron chi connectivity index (χ0n) is 15.3. The number of benzene rings is 2. The Hall–Kier alpha value is -3.26. The number of hydrogen-bond donors (Lipinski definition) is 3. The standard InChI is InChI=1S/C20H18ClN5O2/c1-20(2)18(27)17(15-10-14(23-3)8-9-16(15)28-20)26-19(24-11-22)25-13-6-4-12(21)5-7-13/h4-10,17-18,27H,1-2H3,(H2,24,25,26). The first-order valence-corrected chi connectivity index (χ1v) is 8.86. The van der Waals surface area contributed by atoms with Crippen molar-refractivity contribution >= 4 is 28.9 Å². The zero-order valence-corrected chi connectivity index (χ0v) is 16.0. The van der Waals surface area contributed by atoms with Crippen LogP contribution in [0.15, 0.2) is 47.5 Å². The Labute approximate surface area is 168 Å². The van der Waals surface area contributed by atoms with Crippen LogP contribution in [0, 0.1) is 18.0 Å². The van der Waals surface area contributed by atoms with Crippen LogP contribution in [0.25, 0.3) is 4.85 Å². The van der Waals surface area contributed by atoms with Crippen LogP contribution in [0.2, 0.25) is 5.02 Å². The van der Waals surface area contributed by atoms with E-state index < -0.39 is 17.7 Å². The van der Waals surface area contributed by atoms with Crippen molar-refractivity contribution in [2.24, 2.45) is 4.99 Å². The number of aliphatic hydroxyl groups is 1. The van der Waals surface area contributed by atoms with Gasteiger partial charge in [-0.1, -0.05) is 17.7 Å². The van der Waals surface area contributed by atoms with Crippen LogP contribution in [-0.4, -0.2) is 22.8 Å². The lowest BCUT2D eigenvalue weighted by Gasteiger charge is -2.40. The summed E-state index contributed by atoms with van der Waals surface area (Å²) >= 11 is 5.90. The second kappa shape index (κ2) is 7.77. The highest BCUT2D eigenvalue weighted by molar-refractivity contribution is 6.30. The molecule has 0 saturated heterocycles. The number of guanidine groups is 1. The van der Waals surface area contributed by atoms with E-state index in [1.807, 2.05) is 6.19 Å². The van der Waals surface area contributed by atoms with Gasteiger partial charge in [0, 0.05) is 16.3 Å². The van der Waals surface area contributed by atoms with Crippen molar-refractivity contribution in [3.8, 4) is 11.9 Å². The van der Waals surface area contributed by atoms with E-state index in [9.17, 15) is 5.11 Å². The Morgan fingerprint density at radius 3 is 2.68 bits per heavy atom. The van der Waals surface area contributed by atoms with Gasteiger partial charge in [-0.05, 0) is 50.2 Å². The van der Waals surface area contributed by atoms with Gasteiger partial charge in [0.2, 0.25) is 5.96 Å². The Balaban J connectivity index is 2.03. The summed E-state index contributed by atoms with van der Waals surface area (Å²) in [6.45, 7) is 10.8. The summed E-state index contributed by atoms with van der Waals surface area (Å²) in [7, 11) is 0. The number of rotatable bonds is 2. The second-order valence-corrected chi connectivity index (χ2v) is 7.21. The van der Waals surface area contributed by atoms with Crippen molar-refractivity contribution in [1.82, 2.24) is 5.32 Å². The Bertz CT molecular complexity index is 989. The summed E-state index contributed by atoms with van der Waals surface area (Å²) in [5.74, 6) is 0.699. The van der Waals surface area contributed by atoms with Gasteiger partial charge in [-0.25, -0.2) is 9.84 Å². The first-order valence-electron chi connectivity index (χ1n) is 8.48. The molecule has 0 aliphatic carbocycles. The molecule has 3 rings (SSSR count). The molecule has 142 valence electrons. The number of aliphatic imine (C=N–C) groups is 1. The van der Waals surface area contributed by atoms with E-state index in [0.29, 0.717) is 27.7 Å². The number of fused-ring (bicyclic) bond motifs is 1. The zero-order chi connectivity index (χ0) is 20.3. The van der Waals surface area contributed by atoms with E-state index in [1.165, 1.54) is 0 Å². The van der Waals surface area contributed by atoms with Crippen LogP contribution in [0.3, 0.4) is 0 Å². The predicted octanol–water partition coefficient (Wildman–Crippen LogP) is 4.00. The molecular weight excluding hydrogens is 378 g/mol. The van der Waals surface area contributed by atoms with Gasteiger partial charge in [0.05, 0.1) is 6.57 Å². The molecular formula is C20H18ClN5O2. The fourth-order valence-electron chi connectivity index (χ4n) is 2.92. The van der Waals surface area contributed by atoms with Crippen LogP contribution in [0.5, 0.6) is 5.75 Å². The quantitative estimate of drug-likeness (QED) is 0.235. The molecule has 0 amide bonds. The smallest absolute Gasteiger partial charge is 0.209 e. The lowest BCUT2D eigenvalue weighted by Crippen LogP contribution is -2.49. The maximum absolute atomic E-state index is 10.9. The van der Waals surface area contributed by atoms with Gasteiger partial charge in [-0.15, -0.1) is 0 Å². The molecule has 2 unspecified atom stereocenters. The molecule has 3 N–H and O–H groups in total. The summed E-state index contributed by atoms with van der Waals surface area (Å²) in [5.41, 5.74) is 0.756. The molecule has 8 heteroatoms. The number of nitrogens with one attached hydrogen (secondary N) is 2. The van der Waals surface area contributed by atoms with E-state index in [1.54, 1.807) is 56.3 Å². The number of aliphatic hydroxyl groups excluding tert-OH is 1. The SMILES string of the molecule is [C-]#[N+]c1ccc2c(c1)C(N=C(NC#N)Nc1ccc(Cl)cc1)C(O)C(C)(C)O2. The van der Waals surface area contributed by atoms with Gasteiger partial charge >= 0.3 is 0 Å². The monoisotopic (exact) mass is 395 g/mol. The van der Waals surface area contributed by atoms with Gasteiger partial charge in [-0.2, -0.15) is 5.26 Å². The molecule has 0 radical (unpaired) electrons. The number of halogens is 1. The van der Waals surface area contributed by atoms with Gasteiger partial charge < -0.3 is 15.2 Å². The van der Waals surface area contributed by atoms with Gasteiger partial charge in [0.1, 0.15) is 23.5 Å². The molecule has 2 aromatic carbocycles. The molecule has 0 saturated carbocycles. The van der Waals surface area contributed by atoms with Crippen molar-refractivity contribution in [3.63, 3.8) is 0 Å². The maximum Gasteiger partial charge on any atom is 0.209 e. The number of hydrogen-bond acceptors (Lipinski definition) is 4. The predicted molar refractivity (Wildman–Crippen MR) is 107 cm³/mol. The van der Waals surface area contributed by atoms with Gasteiger partial charge in [0.15, 0.2) is 11.9 Å². The van der Waals surface area contributed by atoms with Crippen molar-refractivity contribution in [2.45, 2.75) is 31.6 Å². The lowest BCUT2D eigenvalue weighted by atomic mass is 9.86. The van der Waals surface area contributed by atoms with E-state index in [-0.39, 0.29) is 5.96 Å². The Morgan fingerprint density at radius 1 is 1.32 bits per heavy atom. The summed E-state index contributed by atoms with van der Waals surface area (Å²) in [6, 6.07) is 11.1. The third-order valence-corrected chi connectivity index (χ3v) is 4.63. The van der Waals surface area contributed by atoms with Crippen molar-refractivity contribution in [2.75, 3.05) is 5.32 Å². The van der Waals surface area contributed by atoms with E-state index in [0.717, 1.165) is 0 Å². The van der Waals surface area contributed by atoms with Crippen molar-refractivity contribution < 1.29 is 9.84 Å². The number of ether oxygens (including phenoxy) is 1. The number of nitrogens with zero attached hydrogens (tertiary/aromatic N) is 3. The summed E-state index contributed by atoms with van der Waals surface area (Å²) in [6.07, 6.45) is 0.844. The minimum Gasteiger partial charge on any atom is -0.485 e. The molecule has 0 spiro atoms. The minimum absolute atomic E-state index is 0.158. The second-order valence-electron chi connectivity index (χ2n) is 6.78. The topological polar surface area (TPSA) is 94.0 Å². The van der Waals surface area contributed by atoms with Crippen LogP contribution in [0.1, 0.15) is 25.5 Å². The maximum atomic E-state index is 10.9. The highest BCUT2D eigenvalue weighted by Crippen LogP contribution is 2.43. The summed E-state index contributed by atoms with van der Waals surface area (Å²) in [4.78, 5) is 7.98. The van der Waals surface area contributed by atoms with E-state index >= 15 is 0 Å². The normalized spacial score (nSPS) is 20.1. The van der Waals surface area contributed by atoms with E-state index in [4.69, 9.17) is 28.2 Å². The summed E-state index contributed by atoms with van der Waals surface area (Å²) < 4.78 is 5.89. The number of nitriles is 1. The molecule has 1 aliphatic rings. The first kappa shape index (κ1) is 19.5. The molecule has 7 nitrogen and oxygen atoms in total. The first-order chi connectivity index (χ1) is 13.3. The van der Waals surface area contributed by atoms with Crippen LogP contribution < -0.4 is 15.4 Å². The fourth-order valence-corrected chi connectivity index (χ4v) is 3.05. The van der Waals surface area contributed by atoms with Gasteiger partial charge in [0.25, 0.3) is 0 Å². The van der Waals surface area contributed by atoms with Gasteiger partial charge in [-0.3, -0.25) is 5.32 Å². The molecule has 1 aliphatic heterocycles. The Morgan fingerprint density at radius 2 is 2.04 bits per heavy atom. The molecule has 0 bridgehead atoms. The number of anilines is 1. The molecule has 2 atom stereocenters.